The highest BCUT2D eigenvalue weighted by Gasteiger charge is 2.46. The summed E-state index contributed by atoms with van der Waals surface area (Å²) in [5, 5.41) is 11.2. The van der Waals surface area contributed by atoms with Gasteiger partial charge in [-0.25, -0.2) is 0 Å². The second-order valence-electron chi connectivity index (χ2n) is 10.9. The van der Waals surface area contributed by atoms with Gasteiger partial charge in [-0.1, -0.05) is 51.7 Å². The normalized spacial score (nSPS) is 27.9. The fourth-order valence-electron chi connectivity index (χ4n) is 6.99. The van der Waals surface area contributed by atoms with Gasteiger partial charge in [0.15, 0.2) is 0 Å². The molecular formula is C27H38N2O3. The van der Waals surface area contributed by atoms with E-state index < -0.39 is 5.97 Å². The summed E-state index contributed by atoms with van der Waals surface area (Å²) in [6.07, 6.45) is 8.87. The summed E-state index contributed by atoms with van der Waals surface area (Å²) in [4.78, 5) is 18.3. The number of carbonyl (C=O) groups is 1. The van der Waals surface area contributed by atoms with Crippen LogP contribution in [0.3, 0.4) is 0 Å². The number of hydrogen-bond acceptors (Lipinski definition) is 3. The van der Waals surface area contributed by atoms with E-state index in [0.29, 0.717) is 18.5 Å². The zero-order valence-electron chi connectivity index (χ0n) is 19.8. The lowest BCUT2D eigenvalue weighted by Crippen LogP contribution is -2.52. The van der Waals surface area contributed by atoms with Crippen LogP contribution in [0.2, 0.25) is 0 Å². The van der Waals surface area contributed by atoms with E-state index in [1.807, 2.05) is 7.11 Å². The summed E-state index contributed by atoms with van der Waals surface area (Å²) in [6.45, 7) is 6.09. The van der Waals surface area contributed by atoms with Crippen LogP contribution in [-0.2, 0) is 21.6 Å². The number of benzene rings is 1. The molecule has 2 heterocycles. The molecule has 1 aliphatic heterocycles. The van der Waals surface area contributed by atoms with Crippen molar-refractivity contribution in [3.8, 4) is 0 Å². The largest absolute Gasteiger partial charge is 0.481 e. The predicted molar refractivity (Wildman–Crippen MR) is 127 cm³/mol. The molecule has 32 heavy (non-hydrogen) atoms. The van der Waals surface area contributed by atoms with Crippen molar-refractivity contribution < 1.29 is 14.6 Å². The number of likely N-dealkylation sites (tertiary alicyclic amines) is 1. The molecule has 2 aliphatic carbocycles. The quantitative estimate of drug-likeness (QED) is 0.611. The van der Waals surface area contributed by atoms with Crippen molar-refractivity contribution in [1.29, 1.82) is 0 Å². The number of methoxy groups -OCH3 is 1. The van der Waals surface area contributed by atoms with Gasteiger partial charge in [0.05, 0.1) is 11.6 Å². The van der Waals surface area contributed by atoms with Crippen molar-refractivity contribution in [2.45, 2.75) is 82.8 Å². The molecule has 1 saturated carbocycles. The van der Waals surface area contributed by atoms with E-state index in [2.05, 4.69) is 41.9 Å². The summed E-state index contributed by atoms with van der Waals surface area (Å²) < 4.78 is 6.33. The lowest BCUT2D eigenvalue weighted by atomic mass is 9.70. The Bertz CT molecular complexity index is 986. The molecule has 2 N–H and O–H groups in total. The fraction of sp³-hybridized carbons (Fsp3) is 0.667. The number of fused-ring (bicyclic) bond motifs is 2. The third-order valence-corrected chi connectivity index (χ3v) is 8.41. The number of nitrogens with one attached hydrogen (secondary N) is 1. The van der Waals surface area contributed by atoms with Crippen LogP contribution in [0.25, 0.3) is 10.9 Å². The van der Waals surface area contributed by atoms with Gasteiger partial charge < -0.3 is 14.8 Å². The average Bonchev–Trinajstić information content (AvgIpc) is 2.98. The number of rotatable bonds is 5. The average molecular weight is 439 g/mol. The van der Waals surface area contributed by atoms with Crippen molar-refractivity contribution in [3.63, 3.8) is 0 Å². The third-order valence-electron chi connectivity index (χ3n) is 8.41. The van der Waals surface area contributed by atoms with E-state index in [9.17, 15) is 9.90 Å². The molecule has 0 bridgehead atoms. The fourth-order valence-corrected chi connectivity index (χ4v) is 6.99. The van der Waals surface area contributed by atoms with Crippen molar-refractivity contribution in [2.75, 3.05) is 20.2 Å². The van der Waals surface area contributed by atoms with Gasteiger partial charge in [0.1, 0.15) is 5.60 Å². The molecule has 5 rings (SSSR count). The Hall–Kier alpha value is -1.85. The number of hydrogen-bond donors (Lipinski definition) is 2. The van der Waals surface area contributed by atoms with Gasteiger partial charge in [-0.2, -0.15) is 0 Å². The zero-order valence-corrected chi connectivity index (χ0v) is 19.8. The van der Waals surface area contributed by atoms with E-state index in [1.165, 1.54) is 53.4 Å². The van der Waals surface area contributed by atoms with Gasteiger partial charge in [0.2, 0.25) is 0 Å². The summed E-state index contributed by atoms with van der Waals surface area (Å²) in [6, 6.07) is 6.95. The van der Waals surface area contributed by atoms with E-state index in [1.54, 1.807) is 0 Å². The Morgan fingerprint density at radius 3 is 2.66 bits per heavy atom. The topological polar surface area (TPSA) is 65.6 Å². The van der Waals surface area contributed by atoms with Gasteiger partial charge in [-0.05, 0) is 48.8 Å². The van der Waals surface area contributed by atoms with Crippen molar-refractivity contribution in [2.24, 2.45) is 11.8 Å². The van der Waals surface area contributed by atoms with E-state index >= 15 is 0 Å². The number of carboxylic acids is 1. The maximum atomic E-state index is 12.0. The minimum Gasteiger partial charge on any atom is -0.481 e. The SMILES string of the molecule is COC1(c2[nH]c3cccc4c3c2C[C@@H]2[C@@H]4CC(C(=O)O)CN2CC(C)C)CCCCCC1. The highest BCUT2D eigenvalue weighted by Crippen LogP contribution is 2.49. The molecule has 0 radical (unpaired) electrons. The first-order valence-electron chi connectivity index (χ1n) is 12.6. The van der Waals surface area contributed by atoms with Crippen LogP contribution in [-0.4, -0.2) is 47.2 Å². The lowest BCUT2D eigenvalue weighted by Gasteiger charge is -2.47. The first-order chi connectivity index (χ1) is 15.4. The first kappa shape index (κ1) is 22.0. The molecule has 3 atom stereocenters. The lowest BCUT2D eigenvalue weighted by molar-refractivity contribution is -0.144. The van der Waals surface area contributed by atoms with Crippen molar-refractivity contribution in [3.05, 3.63) is 35.0 Å². The smallest absolute Gasteiger partial charge is 0.307 e. The van der Waals surface area contributed by atoms with E-state index in [-0.39, 0.29) is 17.4 Å². The molecule has 3 aliphatic rings. The highest BCUT2D eigenvalue weighted by atomic mass is 16.5. The number of piperidine rings is 1. The standard InChI is InChI=1S/C27H38N2O3/c1-17(2)15-29-16-18(26(30)31)13-20-19-9-8-10-22-24(19)21(14-23(20)29)25(28-22)27(32-3)11-6-4-5-7-12-27/h8-10,17-18,20,23,28H,4-7,11-16H2,1-3H3,(H,30,31)/t18?,20-,23-/m1/s1. The molecule has 0 amide bonds. The van der Waals surface area contributed by atoms with Crippen LogP contribution in [0.15, 0.2) is 18.2 Å². The monoisotopic (exact) mass is 438 g/mol. The van der Waals surface area contributed by atoms with Gasteiger partial charge >= 0.3 is 5.97 Å². The summed E-state index contributed by atoms with van der Waals surface area (Å²) in [5.74, 6) is -0.159. The number of aliphatic carboxylic acids is 1. The van der Waals surface area contributed by atoms with Crippen LogP contribution in [0.4, 0.5) is 0 Å². The zero-order chi connectivity index (χ0) is 22.5. The number of carboxylic acid groups (broad SMARTS) is 1. The second-order valence-corrected chi connectivity index (χ2v) is 10.9. The van der Waals surface area contributed by atoms with Gasteiger partial charge in [0, 0.05) is 43.1 Å². The molecule has 0 spiro atoms. The Morgan fingerprint density at radius 2 is 2.00 bits per heavy atom. The third kappa shape index (κ3) is 3.58. The van der Waals surface area contributed by atoms with Crippen molar-refractivity contribution in [1.82, 2.24) is 9.88 Å². The molecule has 1 unspecified atom stereocenters. The van der Waals surface area contributed by atoms with Gasteiger partial charge in [-0.15, -0.1) is 0 Å². The first-order valence-corrected chi connectivity index (χ1v) is 12.6. The number of H-pyrrole nitrogens is 1. The minimum atomic E-state index is -0.651. The van der Waals surface area contributed by atoms with Crippen LogP contribution in [0, 0.1) is 11.8 Å². The Kier molecular flexibility index (Phi) is 5.83. The molecule has 2 aromatic rings. The van der Waals surface area contributed by atoms with E-state index in [4.69, 9.17) is 4.74 Å². The van der Waals surface area contributed by atoms with Crippen LogP contribution in [0.5, 0.6) is 0 Å². The van der Waals surface area contributed by atoms with Crippen LogP contribution >= 0.6 is 0 Å². The number of nitrogens with zero attached hydrogens (tertiary/aromatic N) is 1. The maximum absolute atomic E-state index is 12.0. The van der Waals surface area contributed by atoms with Crippen LogP contribution < -0.4 is 0 Å². The minimum absolute atomic E-state index is 0.226. The number of aromatic amines is 1. The molecule has 5 nitrogen and oxygen atoms in total. The molecule has 1 aromatic heterocycles. The summed E-state index contributed by atoms with van der Waals surface area (Å²) >= 11 is 0. The Balaban J connectivity index is 1.64. The Morgan fingerprint density at radius 1 is 1.25 bits per heavy atom. The summed E-state index contributed by atoms with van der Waals surface area (Å²) in [7, 11) is 1.89. The van der Waals surface area contributed by atoms with Crippen molar-refractivity contribution >= 4 is 16.9 Å². The van der Waals surface area contributed by atoms with Crippen LogP contribution in [0.1, 0.15) is 81.5 Å². The van der Waals surface area contributed by atoms with E-state index in [0.717, 1.165) is 32.2 Å². The highest BCUT2D eigenvalue weighted by molar-refractivity contribution is 5.90. The maximum Gasteiger partial charge on any atom is 0.307 e. The Labute approximate surface area is 191 Å². The molecule has 2 fully saturated rings. The van der Waals surface area contributed by atoms with Gasteiger partial charge in [0.25, 0.3) is 0 Å². The molecule has 174 valence electrons. The number of aromatic nitrogens is 1. The number of ether oxygens (including phenoxy) is 1. The molecule has 5 heteroatoms. The predicted octanol–water partition coefficient (Wildman–Crippen LogP) is 5.43. The second kappa shape index (κ2) is 8.49. The summed E-state index contributed by atoms with van der Waals surface area (Å²) in [5.41, 5.74) is 5.04. The van der Waals surface area contributed by atoms with Gasteiger partial charge in [-0.3, -0.25) is 9.69 Å². The molecular weight excluding hydrogens is 400 g/mol. The molecule has 1 aromatic carbocycles. The molecule has 1 saturated heterocycles.